The first-order valence-electron chi connectivity index (χ1n) is 5.18. The van der Waals surface area contributed by atoms with E-state index in [1.807, 2.05) is 0 Å². The average Bonchev–Trinajstić information content (AvgIpc) is 2.53. The van der Waals surface area contributed by atoms with Crippen LogP contribution in [0.1, 0.15) is 33.6 Å². The standard InChI is InChI=1S/C11H15Br3O/c1-6(15)10-4-5-11(7(10)12,8(13)14)9(10,2)3/h7-8H,4-5H2,1-3H3/t7-,10-,11-/m1/s1. The summed E-state index contributed by atoms with van der Waals surface area (Å²) in [6.45, 7) is 6.20. The molecule has 3 fully saturated rings. The molecule has 0 amide bonds. The van der Waals surface area contributed by atoms with Crippen molar-refractivity contribution >= 4 is 53.6 Å². The van der Waals surface area contributed by atoms with Crippen molar-refractivity contribution in [1.29, 1.82) is 0 Å². The summed E-state index contributed by atoms with van der Waals surface area (Å²) in [7, 11) is 0. The Balaban J connectivity index is 2.50. The Bertz CT molecular complexity index is 326. The Morgan fingerprint density at radius 2 is 1.87 bits per heavy atom. The molecule has 3 aliphatic carbocycles. The highest BCUT2D eigenvalue weighted by Gasteiger charge is 2.82. The van der Waals surface area contributed by atoms with Crippen molar-refractivity contribution in [2.24, 2.45) is 16.2 Å². The Morgan fingerprint density at radius 3 is 2.07 bits per heavy atom. The molecule has 86 valence electrons. The molecule has 3 saturated carbocycles. The summed E-state index contributed by atoms with van der Waals surface area (Å²) in [5, 5.41) is 0. The van der Waals surface area contributed by atoms with Crippen LogP contribution in [0.3, 0.4) is 0 Å². The van der Waals surface area contributed by atoms with Gasteiger partial charge in [0, 0.05) is 15.7 Å². The quantitative estimate of drug-likeness (QED) is 0.631. The molecule has 0 spiro atoms. The first kappa shape index (κ1) is 12.6. The molecule has 15 heavy (non-hydrogen) atoms. The second-order valence-electron chi connectivity index (χ2n) is 5.36. The van der Waals surface area contributed by atoms with Gasteiger partial charge < -0.3 is 0 Å². The number of hydrogen-bond donors (Lipinski definition) is 0. The normalized spacial score (nSPS) is 46.7. The van der Waals surface area contributed by atoms with E-state index in [-0.39, 0.29) is 20.0 Å². The van der Waals surface area contributed by atoms with E-state index in [1.54, 1.807) is 6.92 Å². The van der Waals surface area contributed by atoms with Gasteiger partial charge >= 0.3 is 0 Å². The molecule has 3 aliphatic rings. The molecule has 3 rings (SSSR count). The topological polar surface area (TPSA) is 17.1 Å². The van der Waals surface area contributed by atoms with Crippen LogP contribution >= 0.6 is 47.8 Å². The summed E-state index contributed by atoms with van der Waals surface area (Å²) in [5.41, 5.74) is 0.0864. The van der Waals surface area contributed by atoms with Crippen LogP contribution in [0.25, 0.3) is 0 Å². The van der Waals surface area contributed by atoms with Crippen molar-refractivity contribution in [2.45, 2.75) is 42.2 Å². The predicted molar refractivity (Wildman–Crippen MR) is 72.9 cm³/mol. The molecule has 0 aromatic rings. The monoisotopic (exact) mass is 400 g/mol. The second-order valence-corrected chi connectivity index (χ2v) is 9.33. The minimum absolute atomic E-state index is 0.0671. The predicted octanol–water partition coefficient (Wildman–Crippen LogP) is 4.26. The maximum Gasteiger partial charge on any atom is 0.137 e. The van der Waals surface area contributed by atoms with E-state index in [9.17, 15) is 4.79 Å². The summed E-state index contributed by atoms with van der Waals surface area (Å²) in [5.74, 6) is 0.336. The largest absolute Gasteiger partial charge is 0.299 e. The zero-order valence-electron chi connectivity index (χ0n) is 9.11. The molecular formula is C11H15Br3O. The van der Waals surface area contributed by atoms with Gasteiger partial charge in [0.2, 0.25) is 0 Å². The lowest BCUT2D eigenvalue weighted by Gasteiger charge is -2.66. The lowest BCUT2D eigenvalue weighted by atomic mass is 9.42. The average molecular weight is 403 g/mol. The Labute approximate surface area is 116 Å². The number of carbonyl (C=O) groups excluding carboxylic acids is 1. The minimum Gasteiger partial charge on any atom is -0.299 e. The van der Waals surface area contributed by atoms with Crippen molar-refractivity contribution in [2.75, 3.05) is 0 Å². The van der Waals surface area contributed by atoms with Crippen LogP contribution < -0.4 is 0 Å². The fourth-order valence-electron chi connectivity index (χ4n) is 3.98. The smallest absolute Gasteiger partial charge is 0.137 e. The highest BCUT2D eigenvalue weighted by atomic mass is 79.9. The SMILES string of the molecule is CC(=O)[C@]12CC[C@](C(Br)Br)([C@@H]1Br)C2(C)C. The first-order valence-corrected chi connectivity index (χ1v) is 7.93. The van der Waals surface area contributed by atoms with Gasteiger partial charge in [-0.1, -0.05) is 61.6 Å². The van der Waals surface area contributed by atoms with E-state index in [1.165, 1.54) is 0 Å². The van der Waals surface area contributed by atoms with Crippen LogP contribution in [0.15, 0.2) is 0 Å². The molecule has 0 N–H and O–H groups in total. The van der Waals surface area contributed by atoms with Crippen molar-refractivity contribution < 1.29 is 4.79 Å². The zero-order valence-corrected chi connectivity index (χ0v) is 13.9. The third kappa shape index (κ3) is 1.03. The first-order chi connectivity index (χ1) is 6.75. The van der Waals surface area contributed by atoms with Crippen molar-refractivity contribution in [3.8, 4) is 0 Å². The molecule has 2 bridgehead atoms. The van der Waals surface area contributed by atoms with Crippen molar-refractivity contribution in [1.82, 2.24) is 0 Å². The minimum atomic E-state index is -0.146. The van der Waals surface area contributed by atoms with Crippen LogP contribution in [0.5, 0.6) is 0 Å². The molecule has 1 nitrogen and oxygen atoms in total. The van der Waals surface area contributed by atoms with Gasteiger partial charge in [0.15, 0.2) is 0 Å². The molecule has 3 atom stereocenters. The van der Waals surface area contributed by atoms with Gasteiger partial charge in [0.05, 0.1) is 3.74 Å². The van der Waals surface area contributed by atoms with Crippen molar-refractivity contribution in [3.63, 3.8) is 0 Å². The summed E-state index contributed by atoms with van der Waals surface area (Å²) in [6.07, 6.45) is 2.12. The summed E-state index contributed by atoms with van der Waals surface area (Å²) >= 11 is 11.1. The Morgan fingerprint density at radius 1 is 1.33 bits per heavy atom. The number of carbonyl (C=O) groups is 1. The zero-order chi connectivity index (χ0) is 11.6. The molecular weight excluding hydrogens is 388 g/mol. The Hall–Kier alpha value is 1.11. The van der Waals surface area contributed by atoms with Gasteiger partial charge in [-0.3, -0.25) is 4.79 Å². The van der Waals surface area contributed by atoms with Gasteiger partial charge in [-0.05, 0) is 25.2 Å². The molecule has 4 heteroatoms. The number of alkyl halides is 3. The van der Waals surface area contributed by atoms with Crippen LogP contribution in [0.4, 0.5) is 0 Å². The van der Waals surface area contributed by atoms with E-state index in [0.29, 0.717) is 10.6 Å². The summed E-state index contributed by atoms with van der Waals surface area (Å²) < 4.78 is 0.270. The highest BCUT2D eigenvalue weighted by molar-refractivity contribution is 9.24. The molecule has 0 saturated heterocycles. The van der Waals surface area contributed by atoms with E-state index in [0.717, 1.165) is 12.8 Å². The fraction of sp³-hybridized carbons (Fsp3) is 0.909. The lowest BCUT2D eigenvalue weighted by Crippen LogP contribution is -2.69. The van der Waals surface area contributed by atoms with Gasteiger partial charge in [-0.25, -0.2) is 0 Å². The maximum atomic E-state index is 11.9. The van der Waals surface area contributed by atoms with Crippen LogP contribution in [-0.2, 0) is 4.79 Å². The number of fused-ring (bicyclic) bond motifs is 1. The number of hydrogen-bond acceptors (Lipinski definition) is 1. The van der Waals surface area contributed by atoms with Gasteiger partial charge in [-0.2, -0.15) is 0 Å². The van der Waals surface area contributed by atoms with Gasteiger partial charge in [-0.15, -0.1) is 0 Å². The molecule has 0 aromatic heterocycles. The van der Waals surface area contributed by atoms with E-state index >= 15 is 0 Å². The maximum absolute atomic E-state index is 11.9. The summed E-state index contributed by atoms with van der Waals surface area (Å²) in [4.78, 5) is 12.2. The van der Waals surface area contributed by atoms with Crippen molar-refractivity contribution in [3.05, 3.63) is 0 Å². The molecule has 0 aromatic carbocycles. The van der Waals surface area contributed by atoms with Crippen LogP contribution in [-0.4, -0.2) is 14.3 Å². The van der Waals surface area contributed by atoms with Gasteiger partial charge in [0.25, 0.3) is 0 Å². The highest BCUT2D eigenvalue weighted by Crippen LogP contribution is 2.82. The molecule has 0 aliphatic heterocycles. The van der Waals surface area contributed by atoms with Gasteiger partial charge in [0.1, 0.15) is 5.78 Å². The fourth-order valence-corrected chi connectivity index (χ4v) is 9.01. The second kappa shape index (κ2) is 3.32. The number of Topliss-reactive ketones (excluding diaryl/α,β-unsaturated/α-hetero) is 1. The van der Waals surface area contributed by atoms with E-state index < -0.39 is 0 Å². The number of rotatable bonds is 2. The molecule has 0 radical (unpaired) electrons. The molecule has 0 unspecified atom stereocenters. The summed E-state index contributed by atoms with van der Waals surface area (Å²) in [6, 6.07) is 0. The Kier molecular flexibility index (Phi) is 2.78. The lowest BCUT2D eigenvalue weighted by molar-refractivity contribution is -0.156. The third-order valence-corrected chi connectivity index (χ3v) is 8.35. The van der Waals surface area contributed by atoms with Crippen LogP contribution in [0.2, 0.25) is 0 Å². The van der Waals surface area contributed by atoms with Crippen LogP contribution in [0, 0.1) is 16.2 Å². The third-order valence-electron chi connectivity index (χ3n) is 5.11. The molecule has 0 heterocycles. The number of ketones is 1. The van der Waals surface area contributed by atoms with E-state index in [2.05, 4.69) is 61.6 Å². The number of halogens is 3. The van der Waals surface area contributed by atoms with E-state index in [4.69, 9.17) is 0 Å².